The molecule has 0 aromatic carbocycles. The van der Waals surface area contributed by atoms with Gasteiger partial charge in [0.25, 0.3) is 0 Å². The second-order valence-corrected chi connectivity index (χ2v) is 4.73. The SMILES string of the molecule is Nn1c(SCC(=O)O)nnc1-c1ccc(C(F)(F)F)cn1. The Morgan fingerprint density at radius 1 is 1.38 bits per heavy atom. The quantitative estimate of drug-likeness (QED) is 0.645. The van der Waals surface area contributed by atoms with E-state index in [0.717, 1.165) is 28.6 Å². The number of carboxylic acids is 1. The van der Waals surface area contributed by atoms with E-state index in [2.05, 4.69) is 15.2 Å². The maximum atomic E-state index is 12.4. The second kappa shape index (κ2) is 5.60. The number of carbonyl (C=O) groups is 1. The molecule has 2 heterocycles. The lowest BCUT2D eigenvalue weighted by Crippen LogP contribution is -2.13. The number of thioether (sulfide) groups is 1. The van der Waals surface area contributed by atoms with Crippen LogP contribution in [0.4, 0.5) is 13.2 Å². The lowest BCUT2D eigenvalue weighted by molar-refractivity contribution is -0.138. The number of aliphatic carboxylic acids is 1. The number of halogens is 3. The van der Waals surface area contributed by atoms with Gasteiger partial charge in [0, 0.05) is 6.20 Å². The minimum atomic E-state index is -4.48. The third-order valence-corrected chi connectivity index (χ3v) is 3.24. The van der Waals surface area contributed by atoms with Gasteiger partial charge < -0.3 is 10.9 Å². The molecule has 3 N–H and O–H groups in total. The molecule has 0 amide bonds. The summed E-state index contributed by atoms with van der Waals surface area (Å²) >= 11 is 0.835. The first-order chi connectivity index (χ1) is 9.79. The van der Waals surface area contributed by atoms with Gasteiger partial charge in [0.1, 0.15) is 5.69 Å². The van der Waals surface area contributed by atoms with Crippen molar-refractivity contribution in [2.75, 3.05) is 11.6 Å². The molecule has 0 fully saturated rings. The van der Waals surface area contributed by atoms with Gasteiger partial charge in [-0.15, -0.1) is 10.2 Å². The summed E-state index contributed by atoms with van der Waals surface area (Å²) in [6.45, 7) is 0. The third kappa shape index (κ3) is 3.42. The van der Waals surface area contributed by atoms with E-state index in [-0.39, 0.29) is 22.4 Å². The third-order valence-electron chi connectivity index (χ3n) is 2.31. The van der Waals surface area contributed by atoms with Gasteiger partial charge in [-0.05, 0) is 12.1 Å². The van der Waals surface area contributed by atoms with Gasteiger partial charge in [0.15, 0.2) is 0 Å². The van der Waals surface area contributed by atoms with Crippen LogP contribution in [0.3, 0.4) is 0 Å². The van der Waals surface area contributed by atoms with E-state index in [0.29, 0.717) is 6.20 Å². The number of carboxylic acid groups (broad SMARTS) is 1. The molecule has 0 radical (unpaired) electrons. The van der Waals surface area contributed by atoms with Crippen LogP contribution in [0.2, 0.25) is 0 Å². The van der Waals surface area contributed by atoms with E-state index in [9.17, 15) is 18.0 Å². The number of alkyl halides is 3. The van der Waals surface area contributed by atoms with Crippen molar-refractivity contribution < 1.29 is 23.1 Å². The molecule has 0 saturated carbocycles. The maximum Gasteiger partial charge on any atom is 0.417 e. The van der Waals surface area contributed by atoms with Crippen molar-refractivity contribution in [1.29, 1.82) is 0 Å². The fraction of sp³-hybridized carbons (Fsp3) is 0.200. The van der Waals surface area contributed by atoms with E-state index in [1.165, 1.54) is 0 Å². The number of pyridine rings is 1. The first-order valence-corrected chi connectivity index (χ1v) is 6.36. The number of nitrogens with two attached hydrogens (primary N) is 1. The van der Waals surface area contributed by atoms with E-state index in [1.54, 1.807) is 0 Å². The Morgan fingerprint density at radius 3 is 2.62 bits per heavy atom. The summed E-state index contributed by atoms with van der Waals surface area (Å²) in [5.41, 5.74) is -0.796. The molecule has 0 bridgehead atoms. The van der Waals surface area contributed by atoms with E-state index < -0.39 is 17.7 Å². The Morgan fingerprint density at radius 2 is 2.10 bits per heavy atom. The number of nitrogen functional groups attached to an aromatic ring is 1. The molecule has 2 aromatic heterocycles. The number of rotatable bonds is 4. The van der Waals surface area contributed by atoms with Crippen LogP contribution in [0.1, 0.15) is 5.56 Å². The average Bonchev–Trinajstić information content (AvgIpc) is 2.77. The highest BCUT2D eigenvalue weighted by Crippen LogP contribution is 2.29. The highest BCUT2D eigenvalue weighted by atomic mass is 32.2. The van der Waals surface area contributed by atoms with Gasteiger partial charge in [-0.3, -0.25) is 9.78 Å². The monoisotopic (exact) mass is 319 g/mol. The number of nitrogens with zero attached hydrogens (tertiary/aromatic N) is 4. The van der Waals surface area contributed by atoms with Crippen molar-refractivity contribution in [2.24, 2.45) is 0 Å². The standard InChI is InChI=1S/C10H8F3N5O2S/c11-10(12,13)5-1-2-6(15-3-5)8-16-17-9(18(8)14)21-4-7(19)20/h1-3H,4,14H2,(H,19,20). The fourth-order valence-electron chi connectivity index (χ4n) is 1.37. The van der Waals surface area contributed by atoms with Gasteiger partial charge in [-0.1, -0.05) is 11.8 Å². The number of hydrogen-bond donors (Lipinski definition) is 2. The normalized spacial score (nSPS) is 11.6. The predicted molar refractivity (Wildman–Crippen MR) is 66.8 cm³/mol. The number of hydrogen-bond acceptors (Lipinski definition) is 6. The zero-order valence-electron chi connectivity index (χ0n) is 10.2. The summed E-state index contributed by atoms with van der Waals surface area (Å²) in [6, 6.07) is 1.96. The Kier molecular flexibility index (Phi) is 4.02. The summed E-state index contributed by atoms with van der Waals surface area (Å²) < 4.78 is 38.2. The van der Waals surface area contributed by atoms with Crippen molar-refractivity contribution >= 4 is 17.7 Å². The van der Waals surface area contributed by atoms with Gasteiger partial charge >= 0.3 is 12.1 Å². The molecule has 2 aromatic rings. The molecule has 0 aliphatic rings. The van der Waals surface area contributed by atoms with Crippen LogP contribution < -0.4 is 5.84 Å². The molecule has 21 heavy (non-hydrogen) atoms. The Labute approximate surface area is 120 Å². The van der Waals surface area contributed by atoms with Crippen molar-refractivity contribution in [1.82, 2.24) is 19.9 Å². The van der Waals surface area contributed by atoms with Gasteiger partial charge in [-0.25, -0.2) is 4.68 Å². The summed E-state index contributed by atoms with van der Waals surface area (Å²) in [5, 5.41) is 16.0. The second-order valence-electron chi connectivity index (χ2n) is 3.79. The molecule has 0 atom stereocenters. The van der Waals surface area contributed by atoms with Crippen molar-refractivity contribution in [2.45, 2.75) is 11.3 Å². The lowest BCUT2D eigenvalue weighted by atomic mass is 10.2. The van der Waals surface area contributed by atoms with Crippen LogP contribution in [-0.2, 0) is 11.0 Å². The Bertz CT molecular complexity index is 656. The zero-order chi connectivity index (χ0) is 15.6. The van der Waals surface area contributed by atoms with Crippen LogP contribution >= 0.6 is 11.8 Å². The highest BCUT2D eigenvalue weighted by Gasteiger charge is 2.31. The summed E-state index contributed by atoms with van der Waals surface area (Å²) in [6.07, 6.45) is -3.82. The highest BCUT2D eigenvalue weighted by molar-refractivity contribution is 7.99. The van der Waals surface area contributed by atoms with Gasteiger partial charge in [-0.2, -0.15) is 13.2 Å². The average molecular weight is 319 g/mol. The van der Waals surface area contributed by atoms with Crippen LogP contribution in [0.15, 0.2) is 23.5 Å². The zero-order valence-corrected chi connectivity index (χ0v) is 11.0. The van der Waals surface area contributed by atoms with Crippen molar-refractivity contribution in [3.63, 3.8) is 0 Å². The predicted octanol–water partition coefficient (Wildman–Crippen LogP) is 1.25. The lowest BCUT2D eigenvalue weighted by Gasteiger charge is -2.06. The molecule has 0 saturated heterocycles. The summed E-state index contributed by atoms with van der Waals surface area (Å²) in [4.78, 5) is 14.1. The van der Waals surface area contributed by atoms with Crippen molar-refractivity contribution in [3.8, 4) is 11.5 Å². The molecular weight excluding hydrogens is 311 g/mol. The number of aromatic nitrogens is 4. The maximum absolute atomic E-state index is 12.4. The van der Waals surface area contributed by atoms with E-state index in [1.807, 2.05) is 0 Å². The summed E-state index contributed by atoms with van der Waals surface area (Å²) in [5.74, 6) is 4.37. The molecule has 7 nitrogen and oxygen atoms in total. The molecule has 0 unspecified atom stereocenters. The molecule has 2 rings (SSSR count). The van der Waals surface area contributed by atoms with E-state index >= 15 is 0 Å². The van der Waals surface area contributed by atoms with Crippen LogP contribution in [-0.4, -0.2) is 36.7 Å². The molecule has 0 aliphatic carbocycles. The Hall–Kier alpha value is -2.30. The smallest absolute Gasteiger partial charge is 0.417 e. The molecule has 112 valence electrons. The van der Waals surface area contributed by atoms with Crippen LogP contribution in [0.5, 0.6) is 0 Å². The topological polar surface area (TPSA) is 107 Å². The molecule has 0 spiro atoms. The van der Waals surface area contributed by atoms with Crippen LogP contribution in [0, 0.1) is 0 Å². The van der Waals surface area contributed by atoms with Gasteiger partial charge in [0.2, 0.25) is 11.0 Å². The van der Waals surface area contributed by atoms with E-state index in [4.69, 9.17) is 10.9 Å². The largest absolute Gasteiger partial charge is 0.481 e. The molecular formula is C10H8F3N5O2S. The Balaban J connectivity index is 2.24. The summed E-state index contributed by atoms with van der Waals surface area (Å²) in [7, 11) is 0. The molecule has 11 heteroatoms. The minimum Gasteiger partial charge on any atom is -0.481 e. The fourth-order valence-corrected chi connectivity index (χ4v) is 1.95. The molecule has 0 aliphatic heterocycles. The first-order valence-electron chi connectivity index (χ1n) is 5.37. The van der Waals surface area contributed by atoms with Gasteiger partial charge in [0.05, 0.1) is 11.3 Å². The van der Waals surface area contributed by atoms with Crippen molar-refractivity contribution in [3.05, 3.63) is 23.9 Å². The first kappa shape index (κ1) is 15.1. The van der Waals surface area contributed by atoms with Crippen LogP contribution in [0.25, 0.3) is 11.5 Å². The minimum absolute atomic E-state index is 0.0385.